The fourth-order valence-electron chi connectivity index (χ4n) is 1.81. The van der Waals surface area contributed by atoms with Gasteiger partial charge in [0, 0.05) is 24.6 Å². The van der Waals surface area contributed by atoms with Crippen molar-refractivity contribution in [3.63, 3.8) is 0 Å². The van der Waals surface area contributed by atoms with Crippen molar-refractivity contribution in [3.8, 4) is 0 Å². The van der Waals surface area contributed by atoms with Crippen LogP contribution >= 0.6 is 0 Å². The highest BCUT2D eigenvalue weighted by atomic mass is 16.2. The Hall–Kier alpha value is -1.85. The third-order valence-corrected chi connectivity index (χ3v) is 2.91. The van der Waals surface area contributed by atoms with Crippen LogP contribution in [0.1, 0.15) is 38.3 Å². The Bertz CT molecular complexity index is 506. The number of amides is 2. The van der Waals surface area contributed by atoms with Gasteiger partial charge < -0.3 is 10.6 Å². The number of carbonyl (C=O) groups is 1. The standard InChI is InChI=1S/C13H20N4O2/c1-9(2)15-13(19)14-7-8-17-12(18)6-5-11(16-17)10-3-4-10/h5-6,9-10H,3-4,7-8H2,1-2H3,(H2,14,15,19). The van der Waals surface area contributed by atoms with Gasteiger partial charge in [0.05, 0.1) is 12.2 Å². The summed E-state index contributed by atoms with van der Waals surface area (Å²) in [6.45, 7) is 4.57. The van der Waals surface area contributed by atoms with E-state index in [1.165, 1.54) is 4.68 Å². The molecular formula is C13H20N4O2. The maximum Gasteiger partial charge on any atom is 0.315 e. The van der Waals surface area contributed by atoms with Crippen molar-refractivity contribution in [2.75, 3.05) is 6.54 Å². The van der Waals surface area contributed by atoms with Gasteiger partial charge in [0.1, 0.15) is 0 Å². The highest BCUT2D eigenvalue weighted by Gasteiger charge is 2.25. The second kappa shape index (κ2) is 5.86. The zero-order valence-electron chi connectivity index (χ0n) is 11.3. The summed E-state index contributed by atoms with van der Waals surface area (Å²) in [5, 5.41) is 9.75. The van der Waals surface area contributed by atoms with Gasteiger partial charge in [-0.1, -0.05) is 0 Å². The number of nitrogens with one attached hydrogen (secondary N) is 2. The molecule has 1 saturated carbocycles. The van der Waals surface area contributed by atoms with Gasteiger partial charge in [-0.25, -0.2) is 9.48 Å². The van der Waals surface area contributed by atoms with Crippen LogP contribution in [0.5, 0.6) is 0 Å². The molecule has 0 aliphatic heterocycles. The second-order valence-electron chi connectivity index (χ2n) is 5.15. The SMILES string of the molecule is CC(C)NC(=O)NCCn1nc(C2CC2)ccc1=O. The highest BCUT2D eigenvalue weighted by molar-refractivity contribution is 5.73. The lowest BCUT2D eigenvalue weighted by Gasteiger charge is -2.11. The maximum absolute atomic E-state index is 11.6. The number of hydrogen-bond donors (Lipinski definition) is 2. The zero-order valence-corrected chi connectivity index (χ0v) is 11.3. The molecule has 1 aliphatic rings. The van der Waals surface area contributed by atoms with E-state index in [0.717, 1.165) is 18.5 Å². The van der Waals surface area contributed by atoms with Gasteiger partial charge in [0.2, 0.25) is 0 Å². The molecule has 0 saturated heterocycles. The van der Waals surface area contributed by atoms with E-state index >= 15 is 0 Å². The Morgan fingerprint density at radius 2 is 2.21 bits per heavy atom. The van der Waals surface area contributed by atoms with Crippen molar-refractivity contribution in [1.82, 2.24) is 20.4 Å². The minimum Gasteiger partial charge on any atom is -0.336 e. The molecule has 1 fully saturated rings. The summed E-state index contributed by atoms with van der Waals surface area (Å²) in [5.41, 5.74) is 0.849. The molecule has 104 valence electrons. The monoisotopic (exact) mass is 264 g/mol. The Morgan fingerprint density at radius 1 is 1.47 bits per heavy atom. The van der Waals surface area contributed by atoms with Gasteiger partial charge in [0.15, 0.2) is 0 Å². The van der Waals surface area contributed by atoms with Crippen LogP contribution in [-0.4, -0.2) is 28.4 Å². The number of carbonyl (C=O) groups excluding carboxylic acids is 1. The van der Waals surface area contributed by atoms with Gasteiger partial charge in [0.25, 0.3) is 5.56 Å². The van der Waals surface area contributed by atoms with E-state index in [9.17, 15) is 9.59 Å². The van der Waals surface area contributed by atoms with Crippen molar-refractivity contribution in [2.24, 2.45) is 0 Å². The summed E-state index contributed by atoms with van der Waals surface area (Å²) < 4.78 is 1.42. The van der Waals surface area contributed by atoms with Crippen LogP contribution in [0.15, 0.2) is 16.9 Å². The number of nitrogens with zero attached hydrogens (tertiary/aromatic N) is 2. The molecular weight excluding hydrogens is 244 g/mol. The van der Waals surface area contributed by atoms with Gasteiger partial charge in [-0.3, -0.25) is 4.79 Å². The molecule has 2 amide bonds. The Morgan fingerprint density at radius 3 is 2.84 bits per heavy atom. The van der Waals surface area contributed by atoms with Crippen molar-refractivity contribution in [2.45, 2.75) is 45.2 Å². The van der Waals surface area contributed by atoms with Crippen LogP contribution in [0, 0.1) is 0 Å². The fourth-order valence-corrected chi connectivity index (χ4v) is 1.81. The molecule has 0 atom stereocenters. The summed E-state index contributed by atoms with van der Waals surface area (Å²) in [6, 6.07) is 3.23. The van der Waals surface area contributed by atoms with E-state index in [-0.39, 0.29) is 17.6 Å². The first-order chi connectivity index (χ1) is 9.06. The van der Waals surface area contributed by atoms with Gasteiger partial charge in [-0.2, -0.15) is 5.10 Å². The lowest BCUT2D eigenvalue weighted by atomic mass is 10.3. The Labute approximate surface area is 112 Å². The molecule has 1 aromatic rings. The molecule has 1 heterocycles. The number of rotatable bonds is 5. The number of aromatic nitrogens is 2. The van der Waals surface area contributed by atoms with E-state index in [2.05, 4.69) is 15.7 Å². The zero-order chi connectivity index (χ0) is 13.8. The largest absolute Gasteiger partial charge is 0.336 e. The predicted molar refractivity (Wildman–Crippen MR) is 72.1 cm³/mol. The maximum atomic E-state index is 11.6. The molecule has 2 N–H and O–H groups in total. The molecule has 19 heavy (non-hydrogen) atoms. The summed E-state index contributed by atoms with van der Waals surface area (Å²) in [7, 11) is 0. The number of urea groups is 1. The van der Waals surface area contributed by atoms with Crippen LogP contribution in [-0.2, 0) is 6.54 Å². The molecule has 1 aliphatic carbocycles. The van der Waals surface area contributed by atoms with Crippen molar-refractivity contribution >= 4 is 6.03 Å². The molecule has 6 heteroatoms. The van der Waals surface area contributed by atoms with E-state index in [1.54, 1.807) is 12.1 Å². The minimum atomic E-state index is -0.221. The van der Waals surface area contributed by atoms with E-state index in [4.69, 9.17) is 0 Å². The van der Waals surface area contributed by atoms with Crippen molar-refractivity contribution in [1.29, 1.82) is 0 Å². The average Bonchev–Trinajstić information content (AvgIpc) is 3.14. The quantitative estimate of drug-likeness (QED) is 0.827. The van der Waals surface area contributed by atoms with Crippen LogP contribution in [0.3, 0.4) is 0 Å². The molecule has 2 rings (SSSR count). The highest BCUT2D eigenvalue weighted by Crippen LogP contribution is 2.38. The summed E-state index contributed by atoms with van der Waals surface area (Å²) >= 11 is 0. The Kier molecular flexibility index (Phi) is 4.19. The average molecular weight is 264 g/mol. The van der Waals surface area contributed by atoms with E-state index in [1.807, 2.05) is 13.8 Å². The predicted octanol–water partition coefficient (Wildman–Crippen LogP) is 0.828. The van der Waals surface area contributed by atoms with E-state index < -0.39 is 0 Å². The summed E-state index contributed by atoms with van der Waals surface area (Å²) in [5.74, 6) is 0.518. The van der Waals surface area contributed by atoms with Crippen molar-refractivity contribution < 1.29 is 4.79 Å². The molecule has 0 radical (unpaired) electrons. The molecule has 6 nitrogen and oxygen atoms in total. The van der Waals surface area contributed by atoms with Gasteiger partial charge >= 0.3 is 6.03 Å². The summed E-state index contributed by atoms with van der Waals surface area (Å²) in [6.07, 6.45) is 2.31. The molecule has 0 aromatic carbocycles. The third-order valence-electron chi connectivity index (χ3n) is 2.91. The smallest absolute Gasteiger partial charge is 0.315 e. The minimum absolute atomic E-state index is 0.0963. The lowest BCUT2D eigenvalue weighted by Crippen LogP contribution is -2.41. The van der Waals surface area contributed by atoms with E-state index in [0.29, 0.717) is 19.0 Å². The van der Waals surface area contributed by atoms with Crippen LogP contribution in [0.4, 0.5) is 4.79 Å². The molecule has 0 spiro atoms. The lowest BCUT2D eigenvalue weighted by molar-refractivity contribution is 0.238. The Balaban J connectivity index is 1.86. The molecule has 0 unspecified atom stereocenters. The third kappa shape index (κ3) is 4.08. The van der Waals surface area contributed by atoms with Crippen LogP contribution in [0.2, 0.25) is 0 Å². The fraction of sp³-hybridized carbons (Fsp3) is 0.615. The summed E-state index contributed by atoms with van der Waals surface area (Å²) in [4.78, 5) is 23.0. The van der Waals surface area contributed by atoms with Gasteiger partial charge in [-0.05, 0) is 32.8 Å². The van der Waals surface area contributed by atoms with Crippen LogP contribution < -0.4 is 16.2 Å². The van der Waals surface area contributed by atoms with Crippen LogP contribution in [0.25, 0.3) is 0 Å². The normalized spacial score (nSPS) is 14.5. The molecule has 0 bridgehead atoms. The van der Waals surface area contributed by atoms with Crippen molar-refractivity contribution in [3.05, 3.63) is 28.2 Å². The topological polar surface area (TPSA) is 76.0 Å². The first-order valence-electron chi connectivity index (χ1n) is 6.68. The first kappa shape index (κ1) is 13.6. The number of hydrogen-bond acceptors (Lipinski definition) is 3. The molecule has 1 aromatic heterocycles. The van der Waals surface area contributed by atoms with Gasteiger partial charge in [-0.15, -0.1) is 0 Å². The first-order valence-corrected chi connectivity index (χ1v) is 6.68. The second-order valence-corrected chi connectivity index (χ2v) is 5.15.